The van der Waals surface area contributed by atoms with Crippen molar-refractivity contribution in [2.24, 2.45) is 0 Å². The van der Waals surface area contributed by atoms with Gasteiger partial charge >= 0.3 is 11.7 Å². The molecule has 0 radical (unpaired) electrons. The molecule has 128 valence electrons. The topological polar surface area (TPSA) is 140 Å². The monoisotopic (exact) mass is 336 g/mol. The van der Waals surface area contributed by atoms with Crippen molar-refractivity contribution in [1.82, 2.24) is 15.1 Å². The molecule has 0 aliphatic rings. The molecule has 2 aromatic heterocycles. The molecule has 2 rings (SSSR count). The summed E-state index contributed by atoms with van der Waals surface area (Å²) in [5.41, 5.74) is -1.37. The van der Waals surface area contributed by atoms with E-state index in [0.717, 1.165) is 6.20 Å². The van der Waals surface area contributed by atoms with E-state index in [2.05, 4.69) is 10.4 Å². The molecule has 0 unspecified atom stereocenters. The maximum Gasteiger partial charge on any atom is 0.339 e. The number of hydrogen-bond acceptors (Lipinski definition) is 6. The molecule has 1 amide bonds. The van der Waals surface area contributed by atoms with Gasteiger partial charge in [0.25, 0.3) is 0 Å². The van der Waals surface area contributed by atoms with E-state index < -0.39 is 22.3 Å². The Balaban J connectivity index is 2.09. The second-order valence-electron chi connectivity index (χ2n) is 5.63. The highest BCUT2D eigenvalue weighted by molar-refractivity contribution is 5.89. The Labute approximate surface area is 136 Å². The number of furan rings is 1. The van der Waals surface area contributed by atoms with Crippen LogP contribution in [-0.2, 0) is 16.9 Å². The SMILES string of the molecule is Cc1oc(CNC(=O)C(C)(C)n2cc([N+](=O)[O-])cn2)cc1C(=O)O. The molecule has 0 saturated carbocycles. The third-order valence-electron chi connectivity index (χ3n) is 3.53. The second kappa shape index (κ2) is 6.14. The summed E-state index contributed by atoms with van der Waals surface area (Å²) in [6.07, 6.45) is 2.23. The molecule has 0 aliphatic carbocycles. The molecule has 24 heavy (non-hydrogen) atoms. The standard InChI is InChI=1S/C14H16N4O6/c1-8-11(12(19)20)4-10(24-8)6-15-13(21)14(2,3)17-7-9(5-16-17)18(22)23/h4-5,7H,6H2,1-3H3,(H,15,21)(H,19,20). The number of nitrogens with one attached hydrogen (secondary N) is 1. The fourth-order valence-corrected chi connectivity index (χ4v) is 2.04. The third-order valence-corrected chi connectivity index (χ3v) is 3.53. The molecular weight excluding hydrogens is 320 g/mol. The molecule has 0 atom stereocenters. The lowest BCUT2D eigenvalue weighted by Gasteiger charge is -2.23. The van der Waals surface area contributed by atoms with Crippen molar-refractivity contribution in [3.05, 3.63) is 45.7 Å². The first-order valence-corrected chi connectivity index (χ1v) is 6.93. The summed E-state index contributed by atoms with van der Waals surface area (Å²) in [6.45, 7) is 4.60. The zero-order valence-corrected chi connectivity index (χ0v) is 13.3. The van der Waals surface area contributed by atoms with Crippen LogP contribution in [0.3, 0.4) is 0 Å². The van der Waals surface area contributed by atoms with Gasteiger partial charge in [-0.25, -0.2) is 4.79 Å². The number of amides is 1. The van der Waals surface area contributed by atoms with E-state index in [1.165, 1.54) is 23.9 Å². The minimum absolute atomic E-state index is 0.0141. The van der Waals surface area contributed by atoms with Crippen molar-refractivity contribution in [3.8, 4) is 0 Å². The average molecular weight is 336 g/mol. The highest BCUT2D eigenvalue weighted by atomic mass is 16.6. The summed E-state index contributed by atoms with van der Waals surface area (Å²) < 4.78 is 6.46. The highest BCUT2D eigenvalue weighted by Gasteiger charge is 2.32. The van der Waals surface area contributed by atoms with Crippen LogP contribution in [0.2, 0.25) is 0 Å². The van der Waals surface area contributed by atoms with Crippen molar-refractivity contribution in [3.63, 3.8) is 0 Å². The number of nitrogens with zero attached hydrogens (tertiary/aromatic N) is 3. The van der Waals surface area contributed by atoms with E-state index >= 15 is 0 Å². The number of hydrogen-bond donors (Lipinski definition) is 2. The van der Waals surface area contributed by atoms with Gasteiger partial charge in [-0.2, -0.15) is 5.10 Å². The lowest BCUT2D eigenvalue weighted by Crippen LogP contribution is -2.44. The molecule has 10 nitrogen and oxygen atoms in total. The number of carboxylic acid groups (broad SMARTS) is 1. The quantitative estimate of drug-likeness (QED) is 0.600. The van der Waals surface area contributed by atoms with Gasteiger partial charge in [0.1, 0.15) is 35.0 Å². The second-order valence-corrected chi connectivity index (χ2v) is 5.63. The Bertz CT molecular complexity index is 804. The lowest BCUT2D eigenvalue weighted by atomic mass is 10.1. The Morgan fingerprint density at radius 2 is 2.17 bits per heavy atom. The Morgan fingerprint density at radius 1 is 1.50 bits per heavy atom. The molecule has 0 bridgehead atoms. The summed E-state index contributed by atoms with van der Waals surface area (Å²) >= 11 is 0. The maximum atomic E-state index is 12.3. The maximum absolute atomic E-state index is 12.3. The zero-order chi connectivity index (χ0) is 18.1. The highest BCUT2D eigenvalue weighted by Crippen LogP contribution is 2.19. The van der Waals surface area contributed by atoms with Crippen LogP contribution >= 0.6 is 0 Å². The number of carbonyl (C=O) groups is 2. The molecule has 2 aromatic rings. The molecule has 0 fully saturated rings. The van der Waals surface area contributed by atoms with Gasteiger partial charge < -0.3 is 14.8 Å². The van der Waals surface area contributed by atoms with Crippen molar-refractivity contribution in [2.45, 2.75) is 32.9 Å². The minimum Gasteiger partial charge on any atom is -0.478 e. The summed E-state index contributed by atoms with van der Waals surface area (Å²) in [6, 6.07) is 1.34. The van der Waals surface area contributed by atoms with E-state index in [9.17, 15) is 19.7 Å². The number of aromatic carboxylic acids is 1. The van der Waals surface area contributed by atoms with E-state index in [0.29, 0.717) is 5.76 Å². The number of aryl methyl sites for hydroxylation is 1. The Kier molecular flexibility index (Phi) is 4.40. The predicted octanol–water partition coefficient (Wildman–Crippen LogP) is 1.44. The van der Waals surface area contributed by atoms with Crippen molar-refractivity contribution in [1.29, 1.82) is 0 Å². The van der Waals surface area contributed by atoms with Crippen LogP contribution in [0, 0.1) is 17.0 Å². The van der Waals surface area contributed by atoms with Crippen LogP contribution < -0.4 is 5.32 Å². The largest absolute Gasteiger partial charge is 0.478 e. The fourth-order valence-electron chi connectivity index (χ4n) is 2.04. The van der Waals surface area contributed by atoms with Crippen molar-refractivity contribution < 1.29 is 24.0 Å². The van der Waals surface area contributed by atoms with Crippen LogP contribution in [0.15, 0.2) is 22.9 Å². The molecule has 0 aromatic carbocycles. The normalized spacial score (nSPS) is 11.3. The number of nitro groups is 1. The van der Waals surface area contributed by atoms with Crippen molar-refractivity contribution >= 4 is 17.6 Å². The van der Waals surface area contributed by atoms with E-state index in [-0.39, 0.29) is 23.6 Å². The summed E-state index contributed by atoms with van der Waals surface area (Å²) in [4.78, 5) is 33.4. The Hall–Kier alpha value is -3.17. The summed E-state index contributed by atoms with van der Waals surface area (Å²) in [7, 11) is 0. The molecule has 2 heterocycles. The van der Waals surface area contributed by atoms with Crippen LogP contribution in [0.25, 0.3) is 0 Å². The summed E-state index contributed by atoms with van der Waals surface area (Å²) in [5, 5.41) is 26.1. The van der Waals surface area contributed by atoms with Gasteiger partial charge in [-0.1, -0.05) is 0 Å². The lowest BCUT2D eigenvalue weighted by molar-refractivity contribution is -0.385. The number of carboxylic acids is 1. The van der Waals surface area contributed by atoms with Crippen LogP contribution in [0.1, 0.15) is 35.7 Å². The van der Waals surface area contributed by atoms with E-state index in [1.807, 2.05) is 0 Å². The van der Waals surface area contributed by atoms with Gasteiger partial charge in [0.05, 0.1) is 11.5 Å². The predicted molar refractivity (Wildman–Crippen MR) is 80.5 cm³/mol. The molecule has 0 spiro atoms. The van der Waals surface area contributed by atoms with Crippen LogP contribution in [0.4, 0.5) is 5.69 Å². The molecule has 2 N–H and O–H groups in total. The number of carbonyl (C=O) groups excluding carboxylic acids is 1. The number of aromatic nitrogens is 2. The van der Waals surface area contributed by atoms with Gasteiger partial charge in [-0.3, -0.25) is 19.6 Å². The smallest absolute Gasteiger partial charge is 0.339 e. The minimum atomic E-state index is -1.18. The molecular formula is C14H16N4O6. The van der Waals surface area contributed by atoms with Crippen molar-refractivity contribution in [2.75, 3.05) is 0 Å². The molecule has 0 aliphatic heterocycles. The van der Waals surface area contributed by atoms with E-state index in [1.54, 1.807) is 13.8 Å². The molecule has 10 heteroatoms. The van der Waals surface area contributed by atoms with E-state index in [4.69, 9.17) is 9.52 Å². The van der Waals surface area contributed by atoms with Gasteiger partial charge in [0, 0.05) is 0 Å². The van der Waals surface area contributed by atoms with Gasteiger partial charge in [-0.15, -0.1) is 0 Å². The first-order chi connectivity index (χ1) is 11.1. The van der Waals surface area contributed by atoms with Crippen LogP contribution in [0.5, 0.6) is 0 Å². The zero-order valence-electron chi connectivity index (χ0n) is 13.3. The van der Waals surface area contributed by atoms with Crippen LogP contribution in [-0.4, -0.2) is 31.7 Å². The Morgan fingerprint density at radius 3 is 2.67 bits per heavy atom. The summed E-state index contributed by atoms with van der Waals surface area (Å²) in [5.74, 6) is -1.03. The fraction of sp³-hybridized carbons (Fsp3) is 0.357. The van der Waals surface area contributed by atoms with Gasteiger partial charge in [0.2, 0.25) is 5.91 Å². The first-order valence-electron chi connectivity index (χ1n) is 6.93. The first kappa shape index (κ1) is 17.2. The van der Waals surface area contributed by atoms with Gasteiger partial charge in [-0.05, 0) is 26.8 Å². The average Bonchev–Trinajstić information content (AvgIpc) is 3.11. The third kappa shape index (κ3) is 3.26. The molecule has 0 saturated heterocycles. The van der Waals surface area contributed by atoms with Gasteiger partial charge in [0.15, 0.2) is 0 Å². The number of rotatable bonds is 6.